The van der Waals surface area contributed by atoms with Gasteiger partial charge in [0.05, 0.1) is 11.4 Å². The number of carbonyl (C=O) groups is 1. The Balaban J connectivity index is 2.17. The van der Waals surface area contributed by atoms with Crippen molar-refractivity contribution in [1.82, 2.24) is 14.8 Å². The van der Waals surface area contributed by atoms with Crippen LogP contribution in [0.25, 0.3) is 5.69 Å². The molecular weight excluding hydrogens is 372 g/mol. The second-order valence-electron chi connectivity index (χ2n) is 7.53. The van der Waals surface area contributed by atoms with Gasteiger partial charge in [0.1, 0.15) is 17.2 Å². The summed E-state index contributed by atoms with van der Waals surface area (Å²) >= 11 is 1.63. The van der Waals surface area contributed by atoms with Crippen molar-refractivity contribution in [1.29, 1.82) is 0 Å². The molecule has 0 amide bonds. The fourth-order valence-corrected chi connectivity index (χ4v) is 3.35. The lowest BCUT2D eigenvalue weighted by Crippen LogP contribution is -2.13. The fraction of sp³-hybridized carbons (Fsp3) is 0.286. The maximum atomic E-state index is 11.6. The number of carboxylic acids is 1. The number of benzene rings is 1. The molecule has 0 aliphatic heterocycles. The predicted octanol–water partition coefficient (Wildman–Crippen LogP) is 5.04. The number of aromatic carboxylic acids is 1. The summed E-state index contributed by atoms with van der Waals surface area (Å²) in [4.78, 5) is 17.1. The van der Waals surface area contributed by atoms with Crippen molar-refractivity contribution >= 4 is 29.4 Å². The van der Waals surface area contributed by atoms with Crippen LogP contribution in [0, 0.1) is 6.92 Å². The zero-order valence-corrected chi connectivity index (χ0v) is 17.5. The van der Waals surface area contributed by atoms with Crippen molar-refractivity contribution in [3.8, 4) is 5.69 Å². The number of hydrogen-bond acceptors (Lipinski definition) is 5. The van der Waals surface area contributed by atoms with Crippen molar-refractivity contribution in [2.24, 2.45) is 0 Å². The van der Waals surface area contributed by atoms with Gasteiger partial charge in [-0.2, -0.15) is 5.10 Å². The van der Waals surface area contributed by atoms with E-state index in [4.69, 9.17) is 5.10 Å². The third-order valence-corrected chi connectivity index (χ3v) is 5.09. The first-order valence-corrected chi connectivity index (χ1v) is 10.1. The van der Waals surface area contributed by atoms with Crippen LogP contribution in [0.4, 0.5) is 11.6 Å². The van der Waals surface area contributed by atoms with E-state index in [0.29, 0.717) is 11.6 Å². The van der Waals surface area contributed by atoms with Gasteiger partial charge in [-0.1, -0.05) is 32.9 Å². The van der Waals surface area contributed by atoms with Crippen LogP contribution in [-0.2, 0) is 5.41 Å². The van der Waals surface area contributed by atoms with Gasteiger partial charge in [0.25, 0.3) is 0 Å². The third kappa shape index (κ3) is 4.04. The molecular formula is C21H24N4O2S. The Morgan fingerprint density at radius 1 is 1.18 bits per heavy atom. The van der Waals surface area contributed by atoms with E-state index in [1.54, 1.807) is 23.9 Å². The average Bonchev–Trinajstić information content (AvgIpc) is 3.05. The molecule has 28 heavy (non-hydrogen) atoms. The number of aryl methyl sites for hydroxylation is 1. The molecule has 0 radical (unpaired) electrons. The first-order chi connectivity index (χ1) is 13.2. The first-order valence-electron chi connectivity index (χ1n) is 8.92. The Morgan fingerprint density at radius 2 is 1.89 bits per heavy atom. The summed E-state index contributed by atoms with van der Waals surface area (Å²) in [7, 11) is 0. The van der Waals surface area contributed by atoms with Crippen LogP contribution in [-0.4, -0.2) is 32.1 Å². The lowest BCUT2D eigenvalue weighted by molar-refractivity contribution is 0.0697. The largest absolute Gasteiger partial charge is 0.478 e. The Kier molecular flexibility index (Phi) is 5.47. The molecule has 0 saturated carbocycles. The summed E-state index contributed by atoms with van der Waals surface area (Å²) in [5.41, 5.74) is 2.52. The summed E-state index contributed by atoms with van der Waals surface area (Å²) in [5, 5.41) is 17.6. The van der Waals surface area contributed by atoms with E-state index in [-0.39, 0.29) is 11.0 Å². The molecule has 3 aromatic rings. The monoisotopic (exact) mass is 396 g/mol. The number of nitrogens with one attached hydrogen (secondary N) is 1. The smallest absolute Gasteiger partial charge is 0.339 e. The van der Waals surface area contributed by atoms with Gasteiger partial charge in [-0.15, -0.1) is 11.8 Å². The minimum Gasteiger partial charge on any atom is -0.478 e. The standard InChI is InChI=1S/C21H24N4O2S/c1-13-10-11-14(20(26)27)19(22-13)23-18-12-17(21(2,3)4)24-25(18)15-8-6-7-9-16(15)28-5/h6-12H,1-5H3,(H,22,23)(H,26,27). The molecule has 0 unspecified atom stereocenters. The van der Waals surface area contributed by atoms with Crippen molar-refractivity contribution in [3.05, 3.63) is 59.4 Å². The second kappa shape index (κ2) is 7.67. The predicted molar refractivity (Wildman–Crippen MR) is 113 cm³/mol. The lowest BCUT2D eigenvalue weighted by atomic mass is 9.92. The topological polar surface area (TPSA) is 80.0 Å². The van der Waals surface area contributed by atoms with Gasteiger partial charge in [0.15, 0.2) is 0 Å². The number of para-hydroxylation sites is 1. The van der Waals surface area contributed by atoms with Crippen molar-refractivity contribution in [2.75, 3.05) is 11.6 Å². The molecule has 0 saturated heterocycles. The Hall–Kier alpha value is -2.80. The molecule has 146 valence electrons. The molecule has 2 N–H and O–H groups in total. The summed E-state index contributed by atoms with van der Waals surface area (Å²) in [6.07, 6.45) is 2.02. The van der Waals surface area contributed by atoms with E-state index in [1.165, 1.54) is 0 Å². The Morgan fingerprint density at radius 3 is 2.54 bits per heavy atom. The molecule has 0 aliphatic carbocycles. The van der Waals surface area contributed by atoms with Crippen molar-refractivity contribution in [2.45, 2.75) is 38.0 Å². The molecule has 3 rings (SSSR count). The maximum absolute atomic E-state index is 11.6. The zero-order valence-electron chi connectivity index (χ0n) is 16.6. The highest BCUT2D eigenvalue weighted by molar-refractivity contribution is 7.98. The van der Waals surface area contributed by atoms with Crippen LogP contribution in [0.3, 0.4) is 0 Å². The van der Waals surface area contributed by atoms with Gasteiger partial charge in [0.2, 0.25) is 0 Å². The summed E-state index contributed by atoms with van der Waals surface area (Å²) in [6, 6.07) is 13.2. The lowest BCUT2D eigenvalue weighted by Gasteiger charge is -2.14. The molecule has 0 spiro atoms. The minimum absolute atomic E-state index is 0.119. The van der Waals surface area contributed by atoms with Crippen LogP contribution in [0.1, 0.15) is 42.5 Å². The van der Waals surface area contributed by atoms with E-state index in [0.717, 1.165) is 22.0 Å². The molecule has 1 aromatic carbocycles. The molecule has 0 aliphatic rings. The first kappa shape index (κ1) is 19.9. The van der Waals surface area contributed by atoms with Gasteiger partial charge >= 0.3 is 5.97 Å². The summed E-state index contributed by atoms with van der Waals surface area (Å²) < 4.78 is 1.82. The Labute approximate surface area is 169 Å². The highest BCUT2D eigenvalue weighted by Crippen LogP contribution is 2.32. The van der Waals surface area contributed by atoms with Crippen molar-refractivity contribution in [3.63, 3.8) is 0 Å². The van der Waals surface area contributed by atoms with Gasteiger partial charge in [-0.3, -0.25) is 0 Å². The third-order valence-electron chi connectivity index (χ3n) is 4.30. The van der Waals surface area contributed by atoms with Gasteiger partial charge in [-0.25, -0.2) is 14.5 Å². The van der Waals surface area contributed by atoms with E-state index in [9.17, 15) is 9.90 Å². The van der Waals surface area contributed by atoms with E-state index >= 15 is 0 Å². The van der Waals surface area contributed by atoms with Crippen LogP contribution in [0.2, 0.25) is 0 Å². The zero-order chi connectivity index (χ0) is 20.5. The fourth-order valence-electron chi connectivity index (χ4n) is 2.77. The number of hydrogen-bond donors (Lipinski definition) is 2. The normalized spacial score (nSPS) is 11.5. The average molecular weight is 397 g/mol. The second-order valence-corrected chi connectivity index (χ2v) is 8.38. The Bertz CT molecular complexity index is 1020. The summed E-state index contributed by atoms with van der Waals surface area (Å²) in [6.45, 7) is 8.12. The van der Waals surface area contributed by atoms with Crippen molar-refractivity contribution < 1.29 is 9.90 Å². The van der Waals surface area contributed by atoms with Crippen LogP contribution >= 0.6 is 11.8 Å². The molecule has 0 bridgehead atoms. The minimum atomic E-state index is -1.03. The number of rotatable bonds is 5. The quantitative estimate of drug-likeness (QED) is 0.588. The SMILES string of the molecule is CSc1ccccc1-n1nc(C(C)(C)C)cc1Nc1nc(C)ccc1C(=O)O. The summed E-state index contributed by atoms with van der Waals surface area (Å²) in [5.74, 6) is -0.0515. The number of nitrogens with zero attached hydrogens (tertiary/aromatic N) is 3. The number of anilines is 2. The molecule has 2 heterocycles. The number of aromatic nitrogens is 3. The van der Waals surface area contributed by atoms with E-state index < -0.39 is 5.97 Å². The molecule has 2 aromatic heterocycles. The highest BCUT2D eigenvalue weighted by Gasteiger charge is 2.23. The maximum Gasteiger partial charge on any atom is 0.339 e. The van der Waals surface area contributed by atoms with Gasteiger partial charge < -0.3 is 10.4 Å². The van der Waals surface area contributed by atoms with Gasteiger partial charge in [0, 0.05) is 22.1 Å². The molecule has 7 heteroatoms. The van der Waals surface area contributed by atoms with Gasteiger partial charge in [-0.05, 0) is 37.4 Å². The van der Waals surface area contributed by atoms with Crippen LogP contribution in [0.15, 0.2) is 47.4 Å². The molecule has 0 atom stereocenters. The number of pyridine rings is 1. The van der Waals surface area contributed by atoms with Crippen LogP contribution in [0.5, 0.6) is 0 Å². The number of carboxylic acid groups (broad SMARTS) is 1. The molecule has 0 fully saturated rings. The van der Waals surface area contributed by atoms with Crippen LogP contribution < -0.4 is 5.32 Å². The number of thioether (sulfide) groups is 1. The van der Waals surface area contributed by atoms with E-state index in [2.05, 4.69) is 31.1 Å². The van der Waals surface area contributed by atoms with E-state index in [1.807, 2.05) is 48.2 Å². The molecule has 6 nitrogen and oxygen atoms in total. The highest BCUT2D eigenvalue weighted by atomic mass is 32.2.